The Bertz CT molecular complexity index is 636. The van der Waals surface area contributed by atoms with Crippen molar-refractivity contribution in [2.45, 2.75) is 24.9 Å². The van der Waals surface area contributed by atoms with Gasteiger partial charge in [0.15, 0.2) is 0 Å². The third-order valence-corrected chi connectivity index (χ3v) is 4.03. The summed E-state index contributed by atoms with van der Waals surface area (Å²) in [7, 11) is 1.63. The summed E-state index contributed by atoms with van der Waals surface area (Å²) in [6.07, 6.45) is 2.07. The van der Waals surface area contributed by atoms with Crippen LogP contribution in [-0.2, 0) is 18.4 Å². The van der Waals surface area contributed by atoms with Gasteiger partial charge in [-0.15, -0.1) is 0 Å². The summed E-state index contributed by atoms with van der Waals surface area (Å²) in [5, 5.41) is 20.5. The number of benzene rings is 2. The molecule has 0 bridgehead atoms. The molecule has 3 rings (SSSR count). The van der Waals surface area contributed by atoms with Crippen LogP contribution in [0.4, 0.5) is 0 Å². The lowest BCUT2D eigenvalue weighted by atomic mass is 9.88. The maximum atomic E-state index is 11.0. The zero-order valence-electron chi connectivity index (χ0n) is 11.5. The highest BCUT2D eigenvalue weighted by Crippen LogP contribution is 2.41. The summed E-state index contributed by atoms with van der Waals surface area (Å²) in [5.41, 5.74) is 2.18. The molecule has 0 radical (unpaired) electrons. The first kappa shape index (κ1) is 13.0. The van der Waals surface area contributed by atoms with E-state index in [0.717, 1.165) is 23.3 Å². The highest BCUT2D eigenvalue weighted by molar-refractivity contribution is 5.44. The Balaban J connectivity index is 1.95. The number of phenolic OH excluding ortho intramolecular Hbond substituents is 1. The van der Waals surface area contributed by atoms with E-state index in [4.69, 9.17) is 4.74 Å². The standard InChI is InChI=1S/C17H18O3/c1-20-15-6-5-13-7-8-17(19,16(13)10-15)11-12-3-2-4-14(18)9-12/h2-6,9-10,18-19H,7-8,11H2,1H3. The first-order valence-corrected chi connectivity index (χ1v) is 6.78. The number of aryl methyl sites for hydroxylation is 1. The van der Waals surface area contributed by atoms with Gasteiger partial charge in [-0.05, 0) is 53.8 Å². The van der Waals surface area contributed by atoms with Crippen LogP contribution in [0.15, 0.2) is 42.5 Å². The fourth-order valence-electron chi connectivity index (χ4n) is 3.00. The Labute approximate surface area is 118 Å². The Kier molecular flexibility index (Phi) is 3.14. The van der Waals surface area contributed by atoms with E-state index in [9.17, 15) is 10.2 Å². The van der Waals surface area contributed by atoms with Crippen molar-refractivity contribution in [1.82, 2.24) is 0 Å². The molecule has 2 N–H and O–H groups in total. The predicted octanol–water partition coefficient (Wildman–Crippen LogP) is 2.78. The van der Waals surface area contributed by atoms with E-state index >= 15 is 0 Å². The first-order valence-electron chi connectivity index (χ1n) is 6.78. The summed E-state index contributed by atoms with van der Waals surface area (Å²) in [4.78, 5) is 0. The average Bonchev–Trinajstić information content (AvgIpc) is 2.76. The molecule has 0 amide bonds. The molecular formula is C17H18O3. The lowest BCUT2D eigenvalue weighted by molar-refractivity contribution is 0.0387. The third kappa shape index (κ3) is 2.25. The lowest BCUT2D eigenvalue weighted by Crippen LogP contribution is -2.25. The van der Waals surface area contributed by atoms with Crippen LogP contribution in [0.25, 0.3) is 0 Å². The van der Waals surface area contributed by atoms with E-state index in [2.05, 4.69) is 0 Å². The molecule has 0 saturated heterocycles. The molecule has 0 aromatic heterocycles. The van der Waals surface area contributed by atoms with Crippen molar-refractivity contribution in [2.24, 2.45) is 0 Å². The van der Waals surface area contributed by atoms with Crippen molar-refractivity contribution in [3.05, 3.63) is 59.2 Å². The van der Waals surface area contributed by atoms with E-state index in [0.29, 0.717) is 12.8 Å². The van der Waals surface area contributed by atoms with Crippen LogP contribution in [-0.4, -0.2) is 17.3 Å². The summed E-state index contributed by atoms with van der Waals surface area (Å²) >= 11 is 0. The number of phenols is 1. The second-order valence-corrected chi connectivity index (χ2v) is 5.40. The molecule has 2 aromatic carbocycles. The van der Waals surface area contributed by atoms with Gasteiger partial charge >= 0.3 is 0 Å². The molecule has 0 aliphatic heterocycles. The van der Waals surface area contributed by atoms with Crippen LogP contribution >= 0.6 is 0 Å². The van der Waals surface area contributed by atoms with Crippen molar-refractivity contribution in [3.63, 3.8) is 0 Å². The SMILES string of the molecule is COc1ccc2c(c1)C(O)(Cc1cccc(O)c1)CC2. The number of rotatable bonds is 3. The van der Waals surface area contributed by atoms with Crippen molar-refractivity contribution < 1.29 is 14.9 Å². The Morgan fingerprint density at radius 2 is 2.05 bits per heavy atom. The Hall–Kier alpha value is -2.00. The van der Waals surface area contributed by atoms with Gasteiger partial charge in [-0.1, -0.05) is 18.2 Å². The molecule has 1 aliphatic carbocycles. The molecule has 104 valence electrons. The second kappa shape index (κ2) is 4.84. The summed E-state index contributed by atoms with van der Waals surface area (Å²) < 4.78 is 5.25. The second-order valence-electron chi connectivity index (χ2n) is 5.40. The predicted molar refractivity (Wildman–Crippen MR) is 77.0 cm³/mol. The van der Waals surface area contributed by atoms with Gasteiger partial charge in [-0.2, -0.15) is 0 Å². The van der Waals surface area contributed by atoms with Gasteiger partial charge < -0.3 is 14.9 Å². The fraction of sp³-hybridized carbons (Fsp3) is 0.294. The number of aliphatic hydroxyl groups is 1. The Morgan fingerprint density at radius 3 is 2.80 bits per heavy atom. The molecule has 3 heteroatoms. The van der Waals surface area contributed by atoms with E-state index in [1.54, 1.807) is 25.3 Å². The average molecular weight is 270 g/mol. The van der Waals surface area contributed by atoms with E-state index in [1.807, 2.05) is 24.3 Å². The molecule has 0 heterocycles. The molecule has 1 atom stereocenters. The maximum Gasteiger partial charge on any atom is 0.119 e. The molecule has 1 aliphatic rings. The van der Waals surface area contributed by atoms with Gasteiger partial charge in [-0.3, -0.25) is 0 Å². The van der Waals surface area contributed by atoms with Crippen LogP contribution in [0, 0.1) is 0 Å². The van der Waals surface area contributed by atoms with Crippen molar-refractivity contribution >= 4 is 0 Å². The molecule has 0 fully saturated rings. The number of hydrogen-bond donors (Lipinski definition) is 2. The lowest BCUT2D eigenvalue weighted by Gasteiger charge is -2.24. The van der Waals surface area contributed by atoms with Gasteiger partial charge in [-0.25, -0.2) is 0 Å². The van der Waals surface area contributed by atoms with Crippen molar-refractivity contribution in [2.75, 3.05) is 7.11 Å². The van der Waals surface area contributed by atoms with Crippen LogP contribution in [0.3, 0.4) is 0 Å². The van der Waals surface area contributed by atoms with Gasteiger partial charge in [0.05, 0.1) is 12.7 Å². The van der Waals surface area contributed by atoms with Gasteiger partial charge in [0.2, 0.25) is 0 Å². The van der Waals surface area contributed by atoms with Crippen molar-refractivity contribution in [1.29, 1.82) is 0 Å². The molecule has 2 aromatic rings. The number of hydrogen-bond acceptors (Lipinski definition) is 3. The molecular weight excluding hydrogens is 252 g/mol. The van der Waals surface area contributed by atoms with Crippen molar-refractivity contribution in [3.8, 4) is 11.5 Å². The summed E-state index contributed by atoms with van der Waals surface area (Å²) in [6, 6.07) is 12.9. The topological polar surface area (TPSA) is 49.7 Å². The molecule has 3 nitrogen and oxygen atoms in total. The highest BCUT2D eigenvalue weighted by Gasteiger charge is 2.37. The largest absolute Gasteiger partial charge is 0.508 e. The number of ether oxygens (including phenoxy) is 1. The minimum atomic E-state index is -0.877. The van der Waals surface area contributed by atoms with Crippen LogP contribution in [0.1, 0.15) is 23.1 Å². The van der Waals surface area contributed by atoms with Gasteiger partial charge in [0.25, 0.3) is 0 Å². The highest BCUT2D eigenvalue weighted by atomic mass is 16.5. The fourth-order valence-corrected chi connectivity index (χ4v) is 3.00. The molecule has 20 heavy (non-hydrogen) atoms. The van der Waals surface area contributed by atoms with Gasteiger partial charge in [0, 0.05) is 6.42 Å². The summed E-state index contributed by atoms with van der Waals surface area (Å²) in [6.45, 7) is 0. The zero-order chi connectivity index (χ0) is 14.2. The minimum Gasteiger partial charge on any atom is -0.508 e. The van der Waals surface area contributed by atoms with E-state index in [1.165, 1.54) is 5.56 Å². The first-order chi connectivity index (χ1) is 9.60. The van der Waals surface area contributed by atoms with Crippen LogP contribution in [0.2, 0.25) is 0 Å². The number of fused-ring (bicyclic) bond motifs is 1. The molecule has 0 spiro atoms. The smallest absolute Gasteiger partial charge is 0.119 e. The van der Waals surface area contributed by atoms with Gasteiger partial charge in [0.1, 0.15) is 11.5 Å². The zero-order valence-corrected chi connectivity index (χ0v) is 11.5. The minimum absolute atomic E-state index is 0.231. The Morgan fingerprint density at radius 1 is 1.20 bits per heavy atom. The normalized spacial score (nSPS) is 20.7. The van der Waals surface area contributed by atoms with E-state index in [-0.39, 0.29) is 5.75 Å². The van der Waals surface area contributed by atoms with E-state index < -0.39 is 5.60 Å². The number of methoxy groups -OCH3 is 1. The molecule has 1 unspecified atom stereocenters. The third-order valence-electron chi connectivity index (χ3n) is 4.03. The summed E-state index contributed by atoms with van der Waals surface area (Å²) in [5.74, 6) is 0.995. The quantitative estimate of drug-likeness (QED) is 0.901. The number of aromatic hydroxyl groups is 1. The maximum absolute atomic E-state index is 11.0. The molecule has 0 saturated carbocycles. The van der Waals surface area contributed by atoms with Crippen LogP contribution < -0.4 is 4.74 Å². The van der Waals surface area contributed by atoms with Crippen LogP contribution in [0.5, 0.6) is 11.5 Å². The monoisotopic (exact) mass is 270 g/mol.